The van der Waals surface area contributed by atoms with Crippen molar-refractivity contribution < 1.29 is 14.3 Å². The van der Waals surface area contributed by atoms with Crippen LogP contribution >= 0.6 is 0 Å². The molecule has 1 aliphatic heterocycles. The van der Waals surface area contributed by atoms with E-state index in [-0.39, 0.29) is 5.69 Å². The highest BCUT2D eigenvalue weighted by Gasteiger charge is 2.53. The molecule has 2 aliphatic rings. The third-order valence-electron chi connectivity index (χ3n) is 8.36. The Kier molecular flexibility index (Phi) is 7.78. The zero-order chi connectivity index (χ0) is 27.6. The van der Waals surface area contributed by atoms with Gasteiger partial charge in [0.05, 0.1) is 6.61 Å². The van der Waals surface area contributed by atoms with E-state index in [0.29, 0.717) is 24.1 Å². The second-order valence-electron chi connectivity index (χ2n) is 10.5. The fourth-order valence-electron chi connectivity index (χ4n) is 6.29. The van der Waals surface area contributed by atoms with Gasteiger partial charge in [-0.15, -0.1) is 0 Å². The first-order valence-corrected chi connectivity index (χ1v) is 14.4. The molecule has 2 aromatic carbocycles. The van der Waals surface area contributed by atoms with Crippen LogP contribution in [0.25, 0.3) is 0 Å². The van der Waals surface area contributed by atoms with E-state index in [9.17, 15) is 4.79 Å². The third-order valence-corrected chi connectivity index (χ3v) is 8.36. The van der Waals surface area contributed by atoms with E-state index in [1.165, 1.54) is 44.0 Å². The van der Waals surface area contributed by atoms with Gasteiger partial charge in [-0.05, 0) is 70.4 Å². The summed E-state index contributed by atoms with van der Waals surface area (Å²) in [4.78, 5) is 27.0. The van der Waals surface area contributed by atoms with Crippen LogP contribution in [0.4, 0.5) is 11.4 Å². The Morgan fingerprint density at radius 1 is 0.949 bits per heavy atom. The molecule has 0 amide bonds. The molecule has 3 aromatic rings. The number of carbonyl (C=O) groups excluding carboxylic acids is 1. The second kappa shape index (κ2) is 11.2. The molecule has 0 bridgehead atoms. The summed E-state index contributed by atoms with van der Waals surface area (Å²) in [7, 11) is 2.19. The Labute approximate surface area is 232 Å². The molecule has 1 unspecified atom stereocenters. The standard InChI is InChI=1S/C32H40N4O3/c1-6-36(7-2)25-15-17-27(28(21-25)38-8-3)32(30-29(31(37)39-32)33-18-19-34-30)26-16-14-24(20-22(26)4)35(5)23-12-10-9-11-13-23/h14-21,23H,6-13H2,1-5H3. The van der Waals surface area contributed by atoms with E-state index >= 15 is 0 Å². The molecule has 1 fully saturated rings. The number of hydrogen-bond donors (Lipinski definition) is 0. The maximum absolute atomic E-state index is 13.3. The number of rotatable bonds is 9. The van der Waals surface area contributed by atoms with Crippen molar-refractivity contribution >= 4 is 17.3 Å². The van der Waals surface area contributed by atoms with Crippen molar-refractivity contribution in [1.29, 1.82) is 0 Å². The lowest BCUT2D eigenvalue weighted by atomic mass is 9.80. The number of cyclic esters (lactones) is 1. The highest BCUT2D eigenvalue weighted by atomic mass is 16.6. The average molecular weight is 529 g/mol. The molecular weight excluding hydrogens is 488 g/mol. The maximum atomic E-state index is 13.3. The normalized spacial score (nSPS) is 18.9. The number of aryl methyl sites for hydroxylation is 1. The van der Waals surface area contributed by atoms with Crippen LogP contribution in [0.1, 0.15) is 85.7 Å². The Balaban J connectivity index is 1.68. The second-order valence-corrected chi connectivity index (χ2v) is 10.5. The number of anilines is 2. The van der Waals surface area contributed by atoms with Crippen LogP contribution in [-0.4, -0.2) is 48.7 Å². The van der Waals surface area contributed by atoms with Crippen LogP contribution < -0.4 is 14.5 Å². The summed E-state index contributed by atoms with van der Waals surface area (Å²) in [6, 6.07) is 13.1. The van der Waals surface area contributed by atoms with Crippen LogP contribution in [0, 0.1) is 6.92 Å². The quantitative estimate of drug-likeness (QED) is 0.304. The third kappa shape index (κ3) is 4.72. The summed E-state index contributed by atoms with van der Waals surface area (Å²) in [5, 5.41) is 0. The van der Waals surface area contributed by atoms with E-state index in [0.717, 1.165) is 35.5 Å². The fourth-order valence-corrected chi connectivity index (χ4v) is 6.29. The largest absolute Gasteiger partial charge is 0.493 e. The van der Waals surface area contributed by atoms with Crippen molar-refractivity contribution in [1.82, 2.24) is 9.97 Å². The first-order valence-electron chi connectivity index (χ1n) is 14.4. The van der Waals surface area contributed by atoms with Gasteiger partial charge in [-0.3, -0.25) is 4.98 Å². The van der Waals surface area contributed by atoms with Crippen molar-refractivity contribution in [2.24, 2.45) is 0 Å². The minimum absolute atomic E-state index is 0.246. The monoisotopic (exact) mass is 528 g/mol. The molecule has 2 heterocycles. The van der Waals surface area contributed by atoms with Crippen LogP contribution in [0.2, 0.25) is 0 Å². The minimum atomic E-state index is -1.26. The van der Waals surface area contributed by atoms with Gasteiger partial charge in [0, 0.05) is 67.1 Å². The van der Waals surface area contributed by atoms with E-state index in [1.54, 1.807) is 6.20 Å². The van der Waals surface area contributed by atoms with Crippen molar-refractivity contribution in [2.75, 3.05) is 36.5 Å². The Morgan fingerprint density at radius 3 is 2.33 bits per heavy atom. The van der Waals surface area contributed by atoms with Crippen LogP contribution in [0.3, 0.4) is 0 Å². The molecule has 206 valence electrons. The number of fused-ring (bicyclic) bond motifs is 1. The summed E-state index contributed by atoms with van der Waals surface area (Å²) < 4.78 is 12.6. The first kappa shape index (κ1) is 27.0. The highest BCUT2D eigenvalue weighted by molar-refractivity contribution is 5.94. The molecule has 0 spiro atoms. The van der Waals surface area contributed by atoms with Gasteiger partial charge in [0.15, 0.2) is 5.69 Å². The number of nitrogens with zero attached hydrogens (tertiary/aromatic N) is 4. The highest BCUT2D eigenvalue weighted by Crippen LogP contribution is 2.50. The number of carbonyl (C=O) groups is 1. The summed E-state index contributed by atoms with van der Waals surface area (Å²) in [5.41, 5.74) is 4.36. The zero-order valence-corrected chi connectivity index (χ0v) is 23.9. The van der Waals surface area contributed by atoms with E-state index in [4.69, 9.17) is 14.5 Å². The molecule has 1 saturated carbocycles. The van der Waals surface area contributed by atoms with E-state index < -0.39 is 11.6 Å². The molecular formula is C32H40N4O3. The summed E-state index contributed by atoms with van der Waals surface area (Å²) in [6.07, 6.45) is 9.50. The molecule has 7 heteroatoms. The number of benzene rings is 2. The van der Waals surface area contributed by atoms with Gasteiger partial charge in [0.1, 0.15) is 11.4 Å². The summed E-state index contributed by atoms with van der Waals surface area (Å²) >= 11 is 0. The van der Waals surface area contributed by atoms with Crippen molar-refractivity contribution in [3.8, 4) is 5.75 Å². The van der Waals surface area contributed by atoms with Crippen LogP contribution in [0.5, 0.6) is 5.75 Å². The predicted molar refractivity (Wildman–Crippen MR) is 155 cm³/mol. The summed E-state index contributed by atoms with van der Waals surface area (Å²) in [5.74, 6) is 0.201. The molecule has 39 heavy (non-hydrogen) atoms. The smallest absolute Gasteiger partial charge is 0.360 e. The SMILES string of the molecule is CCOc1cc(N(CC)CC)ccc1C1(c2ccc(N(C)C3CCCCC3)cc2C)OC(=O)c2nccnc21. The molecule has 1 atom stereocenters. The van der Waals surface area contributed by atoms with Gasteiger partial charge in [-0.25, -0.2) is 9.78 Å². The predicted octanol–water partition coefficient (Wildman–Crippen LogP) is 6.26. The first-order chi connectivity index (χ1) is 18.9. The lowest BCUT2D eigenvalue weighted by Gasteiger charge is -2.35. The lowest BCUT2D eigenvalue weighted by Crippen LogP contribution is -2.34. The molecule has 1 aliphatic carbocycles. The summed E-state index contributed by atoms with van der Waals surface area (Å²) in [6.45, 7) is 10.6. The number of ether oxygens (including phenoxy) is 2. The Morgan fingerprint density at radius 2 is 1.64 bits per heavy atom. The zero-order valence-electron chi connectivity index (χ0n) is 23.9. The number of esters is 1. The molecule has 0 N–H and O–H groups in total. The molecule has 0 radical (unpaired) electrons. The molecule has 5 rings (SSSR count). The molecule has 1 aromatic heterocycles. The van der Waals surface area contributed by atoms with Crippen molar-refractivity contribution in [3.63, 3.8) is 0 Å². The number of aromatic nitrogens is 2. The van der Waals surface area contributed by atoms with Crippen LogP contribution in [-0.2, 0) is 10.3 Å². The van der Waals surface area contributed by atoms with Gasteiger partial charge in [0.2, 0.25) is 5.60 Å². The topological polar surface area (TPSA) is 67.8 Å². The van der Waals surface area contributed by atoms with Gasteiger partial charge in [0.25, 0.3) is 0 Å². The fraction of sp³-hybridized carbons (Fsp3) is 0.469. The Hall–Kier alpha value is -3.61. The van der Waals surface area contributed by atoms with Crippen molar-refractivity contribution in [2.45, 2.75) is 71.4 Å². The minimum Gasteiger partial charge on any atom is -0.493 e. The van der Waals surface area contributed by atoms with Gasteiger partial charge < -0.3 is 19.3 Å². The molecule has 0 saturated heterocycles. The van der Waals surface area contributed by atoms with E-state index in [1.807, 2.05) is 13.0 Å². The Bertz CT molecular complexity index is 1330. The van der Waals surface area contributed by atoms with Gasteiger partial charge in [-0.2, -0.15) is 0 Å². The number of hydrogen-bond acceptors (Lipinski definition) is 7. The average Bonchev–Trinajstić information content (AvgIpc) is 3.27. The lowest BCUT2D eigenvalue weighted by molar-refractivity contribution is 0.0231. The van der Waals surface area contributed by atoms with E-state index in [2.05, 4.69) is 72.9 Å². The maximum Gasteiger partial charge on any atom is 0.360 e. The van der Waals surface area contributed by atoms with Gasteiger partial charge >= 0.3 is 5.97 Å². The van der Waals surface area contributed by atoms with Crippen LogP contribution in [0.15, 0.2) is 48.8 Å². The van der Waals surface area contributed by atoms with Gasteiger partial charge in [-0.1, -0.05) is 25.3 Å². The van der Waals surface area contributed by atoms with Crippen molar-refractivity contribution in [3.05, 3.63) is 76.9 Å². The molecule has 7 nitrogen and oxygen atoms in total.